The van der Waals surface area contributed by atoms with Crippen LogP contribution in [0.5, 0.6) is 5.75 Å². The van der Waals surface area contributed by atoms with Crippen molar-refractivity contribution in [2.45, 2.75) is 12.5 Å². The Morgan fingerprint density at radius 1 is 0.822 bits per heavy atom. The number of aliphatic carboxylic acids is 1. The quantitative estimate of drug-likeness (QED) is 0.111. The number of carboxylic acids is 1. The highest BCUT2D eigenvalue weighted by molar-refractivity contribution is 5.99. The predicted molar refractivity (Wildman–Crippen MR) is 169 cm³/mol. The molecule has 0 spiro atoms. The molecule has 5 N–H and O–H groups in total. The Morgan fingerprint density at radius 2 is 1.53 bits per heavy atom. The maximum Gasteiger partial charge on any atom is 0.326 e. The van der Waals surface area contributed by atoms with Gasteiger partial charge in [0.15, 0.2) is 5.82 Å². The van der Waals surface area contributed by atoms with Gasteiger partial charge in [-0.15, -0.1) is 0 Å². The Hall–Kier alpha value is -5.88. The van der Waals surface area contributed by atoms with E-state index in [9.17, 15) is 19.1 Å². The molecule has 5 rings (SSSR count). The van der Waals surface area contributed by atoms with Crippen LogP contribution in [0, 0.1) is 5.82 Å². The van der Waals surface area contributed by atoms with Gasteiger partial charge in [0.2, 0.25) is 11.9 Å². The lowest BCUT2D eigenvalue weighted by atomic mass is 10.0. The summed E-state index contributed by atoms with van der Waals surface area (Å²) in [4.78, 5) is 37.9. The van der Waals surface area contributed by atoms with Gasteiger partial charge in [-0.25, -0.2) is 9.18 Å². The molecule has 0 radical (unpaired) electrons. The minimum absolute atomic E-state index is 0.0405. The summed E-state index contributed by atoms with van der Waals surface area (Å²) in [6.45, 7) is 0.0405. The summed E-state index contributed by atoms with van der Waals surface area (Å²) < 4.78 is 19.6. The SMILES string of the molecule is COc1ccccc1NC(=O)Nc1nc(Nc2ccccc2-c2ccccc2)nc(C(NCCC(=O)O)c2cccc(F)c2)n1. The van der Waals surface area contributed by atoms with Gasteiger partial charge in [0.1, 0.15) is 11.6 Å². The van der Waals surface area contributed by atoms with Gasteiger partial charge in [-0.05, 0) is 41.5 Å². The summed E-state index contributed by atoms with van der Waals surface area (Å²) in [6, 6.07) is 28.5. The van der Waals surface area contributed by atoms with Crippen molar-refractivity contribution in [3.63, 3.8) is 0 Å². The lowest BCUT2D eigenvalue weighted by Gasteiger charge is -2.20. The molecule has 0 saturated carbocycles. The Morgan fingerprint density at radius 3 is 2.29 bits per heavy atom. The van der Waals surface area contributed by atoms with Crippen LogP contribution in [-0.4, -0.2) is 45.7 Å². The van der Waals surface area contributed by atoms with Gasteiger partial charge in [-0.1, -0.05) is 72.8 Å². The van der Waals surface area contributed by atoms with Crippen molar-refractivity contribution in [1.82, 2.24) is 20.3 Å². The topological polar surface area (TPSA) is 150 Å². The monoisotopic (exact) mass is 607 g/mol. The first-order valence-electron chi connectivity index (χ1n) is 14.0. The second kappa shape index (κ2) is 14.5. The highest BCUT2D eigenvalue weighted by Gasteiger charge is 2.22. The van der Waals surface area contributed by atoms with Crippen molar-refractivity contribution in [2.24, 2.45) is 0 Å². The number of nitrogens with zero attached hydrogens (tertiary/aromatic N) is 3. The average molecular weight is 608 g/mol. The summed E-state index contributed by atoms with van der Waals surface area (Å²) in [5.74, 6) is -0.931. The van der Waals surface area contributed by atoms with E-state index in [0.29, 0.717) is 22.7 Å². The van der Waals surface area contributed by atoms with Crippen LogP contribution in [0.25, 0.3) is 11.1 Å². The van der Waals surface area contributed by atoms with E-state index >= 15 is 0 Å². The molecule has 1 atom stereocenters. The number of hydrogen-bond acceptors (Lipinski definition) is 8. The van der Waals surface area contributed by atoms with E-state index in [-0.39, 0.29) is 30.7 Å². The Bertz CT molecular complexity index is 1790. The predicted octanol–water partition coefficient (Wildman–Crippen LogP) is 6.23. The molecule has 5 aromatic rings. The van der Waals surface area contributed by atoms with Crippen molar-refractivity contribution in [2.75, 3.05) is 29.6 Å². The molecule has 2 amide bonds. The fraction of sp³-hybridized carbons (Fsp3) is 0.121. The summed E-state index contributed by atoms with van der Waals surface area (Å²) in [5.41, 5.74) is 3.40. The fourth-order valence-electron chi connectivity index (χ4n) is 4.59. The number of halogens is 1. The number of hydrogen-bond donors (Lipinski definition) is 5. The van der Waals surface area contributed by atoms with Crippen LogP contribution >= 0.6 is 0 Å². The number of benzene rings is 4. The maximum atomic E-state index is 14.3. The molecule has 11 nitrogen and oxygen atoms in total. The van der Waals surface area contributed by atoms with Crippen LogP contribution in [0.15, 0.2) is 103 Å². The van der Waals surface area contributed by atoms with E-state index in [4.69, 9.17) is 4.74 Å². The molecule has 0 fully saturated rings. The van der Waals surface area contributed by atoms with Crippen LogP contribution in [0.2, 0.25) is 0 Å². The third kappa shape index (κ3) is 8.15. The highest BCUT2D eigenvalue weighted by atomic mass is 19.1. The average Bonchev–Trinajstić information content (AvgIpc) is 3.04. The number of urea groups is 1. The Balaban J connectivity index is 1.54. The van der Waals surface area contributed by atoms with E-state index in [0.717, 1.165) is 11.1 Å². The van der Waals surface area contributed by atoms with Gasteiger partial charge in [0.05, 0.1) is 25.3 Å². The molecular formula is C33H30FN7O4. The second-order valence-corrected chi connectivity index (χ2v) is 9.74. The molecule has 0 saturated heterocycles. The first-order chi connectivity index (χ1) is 21.9. The molecule has 1 heterocycles. The zero-order chi connectivity index (χ0) is 31.6. The van der Waals surface area contributed by atoms with Crippen molar-refractivity contribution >= 4 is 35.3 Å². The molecule has 0 aliphatic carbocycles. The number of amides is 2. The number of ether oxygens (including phenoxy) is 1. The van der Waals surface area contributed by atoms with Crippen LogP contribution in [0.1, 0.15) is 23.9 Å². The summed E-state index contributed by atoms with van der Waals surface area (Å²) in [5, 5.41) is 20.9. The van der Waals surface area contributed by atoms with Crippen molar-refractivity contribution in [3.05, 3.63) is 120 Å². The second-order valence-electron chi connectivity index (χ2n) is 9.74. The first-order valence-corrected chi connectivity index (χ1v) is 14.0. The van der Waals surface area contributed by atoms with E-state index in [2.05, 4.69) is 36.2 Å². The van der Waals surface area contributed by atoms with Crippen molar-refractivity contribution in [1.29, 1.82) is 0 Å². The molecule has 0 bridgehead atoms. The molecule has 0 aliphatic rings. The van der Waals surface area contributed by atoms with Gasteiger partial charge >= 0.3 is 12.0 Å². The van der Waals surface area contributed by atoms with Gasteiger partial charge < -0.3 is 25.8 Å². The Kier molecular flexibility index (Phi) is 9.87. The normalized spacial score (nSPS) is 11.3. The number of anilines is 4. The summed E-state index contributed by atoms with van der Waals surface area (Å²) in [6.07, 6.45) is -0.196. The van der Waals surface area contributed by atoms with Gasteiger partial charge in [-0.3, -0.25) is 10.1 Å². The Labute approximate surface area is 258 Å². The molecular weight excluding hydrogens is 577 g/mol. The van der Waals surface area contributed by atoms with Crippen molar-refractivity contribution in [3.8, 4) is 16.9 Å². The number of carbonyl (C=O) groups excluding carboxylic acids is 1. The molecule has 1 unspecified atom stereocenters. The van der Waals surface area contributed by atoms with Crippen LogP contribution in [-0.2, 0) is 4.79 Å². The van der Waals surface area contributed by atoms with Crippen molar-refractivity contribution < 1.29 is 23.8 Å². The molecule has 4 aromatic carbocycles. The van der Waals surface area contributed by atoms with Crippen LogP contribution in [0.4, 0.5) is 32.5 Å². The number of para-hydroxylation sites is 3. The fourth-order valence-corrected chi connectivity index (χ4v) is 4.59. The number of aromatic nitrogens is 3. The third-order valence-corrected chi connectivity index (χ3v) is 6.62. The van der Waals surface area contributed by atoms with Gasteiger partial charge in [-0.2, -0.15) is 15.0 Å². The largest absolute Gasteiger partial charge is 0.495 e. The van der Waals surface area contributed by atoms with Gasteiger partial charge in [0.25, 0.3) is 0 Å². The standard InChI is InChI=1S/C33H30FN7O4/c1-45-27-17-8-7-16-26(27)37-33(44)41-32-39-30(29(35-19-18-28(42)43)22-12-9-13-23(34)20-22)38-31(40-32)36-25-15-6-5-14-24(25)21-10-3-2-4-11-21/h2-17,20,29,35H,18-19H2,1H3,(H,42,43)(H3,36,37,38,39,40,41,44). The summed E-state index contributed by atoms with van der Waals surface area (Å²) in [7, 11) is 1.49. The number of methoxy groups -OCH3 is 1. The minimum atomic E-state index is -1.01. The highest BCUT2D eigenvalue weighted by Crippen LogP contribution is 2.30. The van der Waals surface area contributed by atoms with Gasteiger partial charge in [0, 0.05) is 17.8 Å². The molecule has 228 valence electrons. The molecule has 45 heavy (non-hydrogen) atoms. The van der Waals surface area contributed by atoms with Crippen LogP contribution < -0.4 is 26.0 Å². The number of rotatable bonds is 12. The maximum absolute atomic E-state index is 14.3. The summed E-state index contributed by atoms with van der Waals surface area (Å²) >= 11 is 0. The first kappa shape index (κ1) is 30.6. The zero-order valence-corrected chi connectivity index (χ0v) is 24.2. The number of carboxylic acid groups (broad SMARTS) is 1. The lowest BCUT2D eigenvalue weighted by Crippen LogP contribution is -2.28. The molecule has 12 heteroatoms. The third-order valence-electron chi connectivity index (χ3n) is 6.62. The smallest absolute Gasteiger partial charge is 0.326 e. The molecule has 0 aliphatic heterocycles. The minimum Gasteiger partial charge on any atom is -0.495 e. The van der Waals surface area contributed by atoms with E-state index in [1.165, 1.54) is 25.3 Å². The van der Waals surface area contributed by atoms with E-state index < -0.39 is 23.9 Å². The number of carbonyl (C=O) groups is 2. The molecule has 1 aromatic heterocycles. The number of nitrogens with one attached hydrogen (secondary N) is 4. The van der Waals surface area contributed by atoms with E-state index in [1.54, 1.807) is 30.3 Å². The lowest BCUT2D eigenvalue weighted by molar-refractivity contribution is -0.136. The van der Waals surface area contributed by atoms with Crippen LogP contribution in [0.3, 0.4) is 0 Å². The van der Waals surface area contributed by atoms with E-state index in [1.807, 2.05) is 54.6 Å². The zero-order valence-electron chi connectivity index (χ0n) is 24.2.